The van der Waals surface area contributed by atoms with Crippen LogP contribution < -0.4 is 4.74 Å². The van der Waals surface area contributed by atoms with Gasteiger partial charge in [0.2, 0.25) is 0 Å². The zero-order chi connectivity index (χ0) is 17.5. The van der Waals surface area contributed by atoms with Crippen LogP contribution in [0.5, 0.6) is 5.75 Å². The molecule has 0 bridgehead atoms. The second-order valence-electron chi connectivity index (χ2n) is 8.06. The molecule has 0 spiro atoms. The summed E-state index contributed by atoms with van der Waals surface area (Å²) >= 11 is 0. The van der Waals surface area contributed by atoms with Gasteiger partial charge >= 0.3 is 0 Å². The van der Waals surface area contributed by atoms with Gasteiger partial charge in [-0.2, -0.15) is 0 Å². The zero-order valence-corrected chi connectivity index (χ0v) is 15.2. The van der Waals surface area contributed by atoms with E-state index in [9.17, 15) is 5.11 Å². The lowest BCUT2D eigenvalue weighted by Gasteiger charge is -2.33. The molecule has 3 fully saturated rings. The standard InChI is InChI=1S/C20H29NO4/c1-19(2)24-13-17(25-19)12-23-16-6-4-15(5-7-16)18-8-10-20(14-22)9-3-11-21(18)20/h4-7,17-18,22H,3,8-14H2,1-2H3. The summed E-state index contributed by atoms with van der Waals surface area (Å²) in [6.45, 7) is 6.31. The maximum absolute atomic E-state index is 9.86. The minimum Gasteiger partial charge on any atom is -0.491 e. The van der Waals surface area contributed by atoms with Gasteiger partial charge in [-0.15, -0.1) is 0 Å². The predicted molar refractivity (Wildman–Crippen MR) is 94.6 cm³/mol. The highest BCUT2D eigenvalue weighted by atomic mass is 16.7. The van der Waals surface area contributed by atoms with Crippen LogP contribution in [0.4, 0.5) is 0 Å². The zero-order valence-electron chi connectivity index (χ0n) is 15.2. The Hall–Kier alpha value is -1.14. The number of rotatable bonds is 5. The number of benzene rings is 1. The molecular formula is C20H29NO4. The molecule has 0 aliphatic carbocycles. The first-order chi connectivity index (χ1) is 12.0. The van der Waals surface area contributed by atoms with Gasteiger partial charge < -0.3 is 19.3 Å². The van der Waals surface area contributed by atoms with E-state index >= 15 is 0 Å². The summed E-state index contributed by atoms with van der Waals surface area (Å²) < 4.78 is 17.2. The van der Waals surface area contributed by atoms with Crippen LogP contribution in [-0.2, 0) is 9.47 Å². The quantitative estimate of drug-likeness (QED) is 0.888. The normalized spacial score (nSPS) is 34.4. The van der Waals surface area contributed by atoms with Gasteiger partial charge in [-0.1, -0.05) is 12.1 Å². The van der Waals surface area contributed by atoms with Crippen molar-refractivity contribution in [1.82, 2.24) is 4.90 Å². The highest BCUT2D eigenvalue weighted by Gasteiger charge is 2.48. The molecule has 5 heteroatoms. The van der Waals surface area contributed by atoms with E-state index < -0.39 is 5.79 Å². The van der Waals surface area contributed by atoms with Crippen molar-refractivity contribution in [3.05, 3.63) is 29.8 Å². The van der Waals surface area contributed by atoms with Gasteiger partial charge in [0, 0.05) is 11.6 Å². The lowest BCUT2D eigenvalue weighted by molar-refractivity contribution is -0.141. The summed E-state index contributed by atoms with van der Waals surface area (Å²) in [7, 11) is 0. The molecule has 1 aromatic rings. The van der Waals surface area contributed by atoms with Gasteiger partial charge in [-0.05, 0) is 63.8 Å². The fraction of sp³-hybridized carbons (Fsp3) is 0.700. The van der Waals surface area contributed by atoms with Crippen LogP contribution in [0.3, 0.4) is 0 Å². The molecule has 3 unspecified atom stereocenters. The van der Waals surface area contributed by atoms with Crippen molar-refractivity contribution < 1.29 is 19.3 Å². The second-order valence-corrected chi connectivity index (χ2v) is 8.06. The third kappa shape index (κ3) is 3.31. The first-order valence-corrected chi connectivity index (χ1v) is 9.44. The monoisotopic (exact) mass is 347 g/mol. The van der Waals surface area contributed by atoms with Crippen molar-refractivity contribution in [3.63, 3.8) is 0 Å². The molecule has 0 aromatic heterocycles. The second kappa shape index (κ2) is 6.54. The molecule has 0 amide bonds. The number of hydrogen-bond donors (Lipinski definition) is 1. The Morgan fingerprint density at radius 2 is 2.04 bits per heavy atom. The van der Waals surface area contributed by atoms with E-state index in [0.29, 0.717) is 19.3 Å². The fourth-order valence-corrected chi connectivity index (χ4v) is 4.69. The number of hydrogen-bond acceptors (Lipinski definition) is 5. The number of aliphatic hydroxyl groups is 1. The van der Waals surface area contributed by atoms with Gasteiger partial charge in [0.25, 0.3) is 0 Å². The molecule has 3 aliphatic rings. The lowest BCUT2D eigenvalue weighted by atomic mass is 9.95. The maximum atomic E-state index is 9.86. The Bertz CT molecular complexity index is 602. The van der Waals surface area contributed by atoms with Crippen molar-refractivity contribution in [2.45, 2.75) is 63.0 Å². The van der Waals surface area contributed by atoms with Crippen LogP contribution in [0, 0.1) is 0 Å². The first-order valence-electron chi connectivity index (χ1n) is 9.44. The summed E-state index contributed by atoms with van der Waals surface area (Å²) in [5.41, 5.74) is 1.36. The largest absolute Gasteiger partial charge is 0.491 e. The minimum absolute atomic E-state index is 0.0146. The van der Waals surface area contributed by atoms with Crippen molar-refractivity contribution >= 4 is 0 Å². The van der Waals surface area contributed by atoms with E-state index in [-0.39, 0.29) is 18.2 Å². The molecular weight excluding hydrogens is 318 g/mol. The van der Waals surface area contributed by atoms with Crippen LogP contribution in [0.1, 0.15) is 51.1 Å². The highest BCUT2D eigenvalue weighted by Crippen LogP contribution is 2.48. The van der Waals surface area contributed by atoms with Crippen molar-refractivity contribution in [2.75, 3.05) is 26.4 Å². The molecule has 3 saturated heterocycles. The van der Waals surface area contributed by atoms with Crippen LogP contribution in [0.2, 0.25) is 0 Å². The van der Waals surface area contributed by atoms with Gasteiger partial charge in [-0.25, -0.2) is 0 Å². The molecule has 0 saturated carbocycles. The summed E-state index contributed by atoms with van der Waals surface area (Å²) in [4.78, 5) is 2.52. The molecule has 4 rings (SSSR count). The fourth-order valence-electron chi connectivity index (χ4n) is 4.69. The third-order valence-corrected chi connectivity index (χ3v) is 5.97. The number of ether oxygens (including phenoxy) is 3. The molecule has 5 nitrogen and oxygen atoms in total. The van der Waals surface area contributed by atoms with Crippen molar-refractivity contribution in [2.24, 2.45) is 0 Å². The lowest BCUT2D eigenvalue weighted by Crippen LogP contribution is -2.42. The summed E-state index contributed by atoms with van der Waals surface area (Å²) in [5, 5.41) is 9.86. The molecule has 3 aliphatic heterocycles. The SMILES string of the molecule is CC1(C)OCC(COc2ccc(C3CCC4(CO)CCCN34)cc2)O1. The number of aliphatic hydroxyl groups excluding tert-OH is 1. The van der Waals surface area contributed by atoms with Gasteiger partial charge in [-0.3, -0.25) is 4.90 Å². The van der Waals surface area contributed by atoms with Gasteiger partial charge in [0.15, 0.2) is 5.79 Å². The van der Waals surface area contributed by atoms with E-state index in [1.807, 2.05) is 26.0 Å². The average molecular weight is 347 g/mol. The van der Waals surface area contributed by atoms with Crippen LogP contribution in [0.15, 0.2) is 24.3 Å². The summed E-state index contributed by atoms with van der Waals surface area (Å²) in [6.07, 6.45) is 4.53. The van der Waals surface area contributed by atoms with Crippen LogP contribution in [-0.4, -0.2) is 53.8 Å². The molecule has 3 atom stereocenters. The smallest absolute Gasteiger partial charge is 0.163 e. The summed E-state index contributed by atoms with van der Waals surface area (Å²) in [5.74, 6) is 0.361. The van der Waals surface area contributed by atoms with E-state index in [4.69, 9.17) is 14.2 Å². The van der Waals surface area contributed by atoms with Crippen molar-refractivity contribution in [1.29, 1.82) is 0 Å². The topological polar surface area (TPSA) is 51.2 Å². The maximum Gasteiger partial charge on any atom is 0.163 e. The molecule has 138 valence electrons. The van der Waals surface area contributed by atoms with Crippen LogP contribution >= 0.6 is 0 Å². The molecule has 0 radical (unpaired) electrons. The van der Waals surface area contributed by atoms with E-state index in [0.717, 1.165) is 31.6 Å². The Balaban J connectivity index is 1.36. The molecule has 1 aromatic carbocycles. The number of nitrogens with zero attached hydrogens (tertiary/aromatic N) is 1. The Morgan fingerprint density at radius 1 is 1.24 bits per heavy atom. The molecule has 25 heavy (non-hydrogen) atoms. The first kappa shape index (κ1) is 17.3. The van der Waals surface area contributed by atoms with Crippen LogP contribution in [0.25, 0.3) is 0 Å². The average Bonchev–Trinajstić information content (AvgIpc) is 3.26. The van der Waals surface area contributed by atoms with Crippen molar-refractivity contribution in [3.8, 4) is 5.75 Å². The Labute approximate surface area is 149 Å². The Morgan fingerprint density at radius 3 is 2.72 bits per heavy atom. The van der Waals surface area contributed by atoms with E-state index in [1.54, 1.807) is 0 Å². The Kier molecular flexibility index (Phi) is 4.52. The highest BCUT2D eigenvalue weighted by molar-refractivity contribution is 5.31. The predicted octanol–water partition coefficient (Wildman–Crippen LogP) is 2.88. The molecule has 1 N–H and O–H groups in total. The minimum atomic E-state index is -0.505. The summed E-state index contributed by atoms with van der Waals surface area (Å²) in [6, 6.07) is 8.86. The van der Waals surface area contributed by atoms with Gasteiger partial charge in [0.05, 0.1) is 13.2 Å². The third-order valence-electron chi connectivity index (χ3n) is 5.97. The van der Waals surface area contributed by atoms with E-state index in [1.165, 1.54) is 12.0 Å². The number of fused-ring (bicyclic) bond motifs is 1. The van der Waals surface area contributed by atoms with E-state index in [2.05, 4.69) is 17.0 Å². The van der Waals surface area contributed by atoms with Gasteiger partial charge in [0.1, 0.15) is 18.5 Å². The molecule has 3 heterocycles.